The Morgan fingerprint density at radius 3 is 2.53 bits per heavy atom. The average molecular weight is 291 g/mol. The number of aromatic nitrogens is 2. The van der Waals surface area contributed by atoms with E-state index in [9.17, 15) is 18.3 Å². The fourth-order valence-electron chi connectivity index (χ4n) is 1.35. The summed E-state index contributed by atoms with van der Waals surface area (Å²) in [7, 11) is 0. The molecule has 0 radical (unpaired) electrons. The Kier molecular flexibility index (Phi) is 3.75. The predicted molar refractivity (Wildman–Crippen MR) is 60.7 cm³/mol. The molecule has 100 valence electrons. The molecule has 0 spiro atoms. The number of phenols is 1. The third-order valence-corrected chi connectivity index (χ3v) is 2.49. The van der Waals surface area contributed by atoms with Crippen molar-refractivity contribution in [1.82, 2.24) is 9.97 Å². The Morgan fingerprint density at radius 1 is 1.21 bits per heavy atom. The molecule has 2 aromatic rings. The van der Waals surface area contributed by atoms with Gasteiger partial charge in [0.05, 0.1) is 23.1 Å². The summed E-state index contributed by atoms with van der Waals surface area (Å²) in [6, 6.07) is 2.57. The third-order valence-electron chi connectivity index (χ3n) is 2.18. The van der Waals surface area contributed by atoms with Gasteiger partial charge in [0.25, 0.3) is 0 Å². The fourth-order valence-corrected chi connectivity index (χ4v) is 1.49. The number of alkyl halides is 2. The van der Waals surface area contributed by atoms with Crippen LogP contribution in [0.3, 0.4) is 0 Å². The van der Waals surface area contributed by atoms with Crippen LogP contribution in [0.25, 0.3) is 11.3 Å². The van der Waals surface area contributed by atoms with Crippen molar-refractivity contribution in [2.24, 2.45) is 0 Å². The van der Waals surface area contributed by atoms with E-state index >= 15 is 0 Å². The summed E-state index contributed by atoms with van der Waals surface area (Å²) < 4.78 is 41.5. The van der Waals surface area contributed by atoms with E-state index in [1.165, 1.54) is 12.1 Å². The molecule has 0 amide bonds. The van der Waals surface area contributed by atoms with E-state index in [1.807, 2.05) is 0 Å². The molecule has 0 saturated carbocycles. The molecule has 0 aliphatic rings. The topological polar surface area (TPSA) is 55.2 Å². The average Bonchev–Trinajstić information content (AvgIpc) is 2.37. The predicted octanol–water partition coefficient (Wildman–Crippen LogP) is 3.24. The smallest absolute Gasteiger partial charge is 0.388 e. The van der Waals surface area contributed by atoms with E-state index in [4.69, 9.17) is 11.6 Å². The van der Waals surface area contributed by atoms with Crippen molar-refractivity contribution < 1.29 is 23.0 Å². The Bertz CT molecular complexity index is 593. The van der Waals surface area contributed by atoms with Gasteiger partial charge in [-0.1, -0.05) is 11.6 Å². The second-order valence-corrected chi connectivity index (χ2v) is 3.78. The third kappa shape index (κ3) is 2.87. The van der Waals surface area contributed by atoms with Crippen LogP contribution >= 0.6 is 11.6 Å². The number of ether oxygens (including phenoxy) is 1. The van der Waals surface area contributed by atoms with Crippen molar-refractivity contribution in [3.05, 3.63) is 35.4 Å². The maximum atomic E-state index is 13.7. The lowest BCUT2D eigenvalue weighted by Gasteiger charge is -2.06. The zero-order valence-corrected chi connectivity index (χ0v) is 9.90. The van der Waals surface area contributed by atoms with Crippen LogP contribution < -0.4 is 4.74 Å². The highest BCUT2D eigenvalue weighted by Crippen LogP contribution is 2.33. The largest absolute Gasteiger partial charge is 0.504 e. The number of hydrogen-bond donors (Lipinski definition) is 1. The SMILES string of the molecule is Oc1c(Cl)ccc(-c2cnc(OC(F)F)cn2)c1F. The molecule has 0 aliphatic carbocycles. The first kappa shape index (κ1) is 13.4. The van der Waals surface area contributed by atoms with Gasteiger partial charge in [0.2, 0.25) is 5.88 Å². The molecular weight excluding hydrogens is 285 g/mol. The van der Waals surface area contributed by atoms with Gasteiger partial charge in [-0.05, 0) is 12.1 Å². The molecule has 0 bridgehead atoms. The van der Waals surface area contributed by atoms with E-state index in [2.05, 4.69) is 14.7 Å². The van der Waals surface area contributed by atoms with Crippen LogP contribution in [0.2, 0.25) is 5.02 Å². The molecule has 1 aromatic carbocycles. The number of halogens is 4. The minimum Gasteiger partial charge on any atom is -0.504 e. The van der Waals surface area contributed by atoms with Gasteiger partial charge in [-0.3, -0.25) is 0 Å². The van der Waals surface area contributed by atoms with Crippen molar-refractivity contribution in [1.29, 1.82) is 0 Å². The van der Waals surface area contributed by atoms with Crippen molar-refractivity contribution in [3.63, 3.8) is 0 Å². The molecule has 0 atom stereocenters. The summed E-state index contributed by atoms with van der Waals surface area (Å²) in [6.07, 6.45) is 1.97. The summed E-state index contributed by atoms with van der Waals surface area (Å²) in [5.41, 5.74) is -0.0101. The quantitative estimate of drug-likeness (QED) is 0.943. The molecule has 0 fully saturated rings. The zero-order chi connectivity index (χ0) is 14.0. The number of benzene rings is 1. The van der Waals surface area contributed by atoms with Gasteiger partial charge in [-0.25, -0.2) is 14.4 Å². The summed E-state index contributed by atoms with van der Waals surface area (Å²) >= 11 is 5.53. The number of phenolic OH excluding ortho intramolecular Hbond substituents is 1. The zero-order valence-electron chi connectivity index (χ0n) is 9.15. The van der Waals surface area contributed by atoms with Crippen LogP contribution in [0, 0.1) is 5.82 Å². The first-order valence-electron chi connectivity index (χ1n) is 4.93. The van der Waals surface area contributed by atoms with Gasteiger partial charge in [-0.2, -0.15) is 8.78 Å². The lowest BCUT2D eigenvalue weighted by Crippen LogP contribution is -2.04. The molecular formula is C11H6ClF3N2O2. The van der Waals surface area contributed by atoms with Gasteiger partial charge in [0.15, 0.2) is 11.6 Å². The molecule has 1 aromatic heterocycles. The van der Waals surface area contributed by atoms with E-state index in [1.54, 1.807) is 0 Å². The van der Waals surface area contributed by atoms with E-state index in [0.717, 1.165) is 12.4 Å². The monoisotopic (exact) mass is 290 g/mol. The van der Waals surface area contributed by atoms with Gasteiger partial charge in [0.1, 0.15) is 0 Å². The molecule has 2 rings (SSSR count). The van der Waals surface area contributed by atoms with Crippen LogP contribution in [0.5, 0.6) is 11.6 Å². The Morgan fingerprint density at radius 2 is 1.95 bits per heavy atom. The van der Waals surface area contributed by atoms with Crippen molar-refractivity contribution in [3.8, 4) is 22.9 Å². The second-order valence-electron chi connectivity index (χ2n) is 3.38. The van der Waals surface area contributed by atoms with Gasteiger partial charge in [0, 0.05) is 5.56 Å². The molecule has 1 heterocycles. The molecule has 0 unspecified atom stereocenters. The lowest BCUT2D eigenvalue weighted by atomic mass is 10.1. The highest BCUT2D eigenvalue weighted by Gasteiger charge is 2.14. The van der Waals surface area contributed by atoms with Crippen LogP contribution in [0.4, 0.5) is 13.2 Å². The number of rotatable bonds is 3. The highest BCUT2D eigenvalue weighted by molar-refractivity contribution is 6.32. The van der Waals surface area contributed by atoms with Gasteiger partial charge >= 0.3 is 6.61 Å². The van der Waals surface area contributed by atoms with Gasteiger partial charge in [-0.15, -0.1) is 0 Å². The molecule has 1 N–H and O–H groups in total. The summed E-state index contributed by atoms with van der Waals surface area (Å²) in [4.78, 5) is 7.26. The van der Waals surface area contributed by atoms with Gasteiger partial charge < -0.3 is 9.84 Å². The fraction of sp³-hybridized carbons (Fsp3) is 0.0909. The van der Waals surface area contributed by atoms with Crippen LogP contribution in [0.15, 0.2) is 24.5 Å². The summed E-state index contributed by atoms with van der Waals surface area (Å²) in [6.45, 7) is -3.02. The number of aromatic hydroxyl groups is 1. The normalized spacial score (nSPS) is 10.8. The Balaban J connectivity index is 2.35. The highest BCUT2D eigenvalue weighted by atomic mass is 35.5. The second kappa shape index (κ2) is 5.31. The standard InChI is InChI=1S/C11H6ClF3N2O2/c12-6-2-1-5(9(13)10(6)18)7-3-17-8(4-16-7)19-11(14)15/h1-4,11,18H. The maximum Gasteiger partial charge on any atom is 0.388 e. The van der Waals surface area contributed by atoms with Crippen molar-refractivity contribution in [2.45, 2.75) is 6.61 Å². The first-order valence-corrected chi connectivity index (χ1v) is 5.31. The van der Waals surface area contributed by atoms with Crippen molar-refractivity contribution >= 4 is 11.6 Å². The van der Waals surface area contributed by atoms with Crippen LogP contribution in [-0.2, 0) is 0 Å². The lowest BCUT2D eigenvalue weighted by molar-refractivity contribution is -0.0530. The Labute approximate surface area is 110 Å². The Hall–Kier alpha value is -2.02. The number of hydrogen-bond acceptors (Lipinski definition) is 4. The summed E-state index contributed by atoms with van der Waals surface area (Å²) in [5, 5.41) is 9.20. The minimum atomic E-state index is -3.02. The minimum absolute atomic E-state index is 0.0473. The maximum absolute atomic E-state index is 13.7. The van der Waals surface area contributed by atoms with E-state index in [-0.39, 0.29) is 16.3 Å². The van der Waals surface area contributed by atoms with E-state index < -0.39 is 24.1 Å². The van der Waals surface area contributed by atoms with Crippen LogP contribution in [0.1, 0.15) is 0 Å². The first-order chi connectivity index (χ1) is 8.99. The molecule has 8 heteroatoms. The summed E-state index contributed by atoms with van der Waals surface area (Å²) in [5.74, 6) is -2.07. The van der Waals surface area contributed by atoms with Crippen molar-refractivity contribution in [2.75, 3.05) is 0 Å². The molecule has 4 nitrogen and oxygen atoms in total. The number of nitrogens with zero attached hydrogens (tertiary/aromatic N) is 2. The van der Waals surface area contributed by atoms with E-state index in [0.29, 0.717) is 0 Å². The molecule has 0 saturated heterocycles. The molecule has 0 aliphatic heterocycles. The molecule has 19 heavy (non-hydrogen) atoms. The van der Waals surface area contributed by atoms with Crippen LogP contribution in [-0.4, -0.2) is 21.7 Å².